The van der Waals surface area contributed by atoms with Gasteiger partial charge >= 0.3 is 11.9 Å². The largest absolute Gasteiger partial charge is 0.497 e. The van der Waals surface area contributed by atoms with E-state index in [0.717, 1.165) is 44.6 Å². The maximum atomic E-state index is 13.8. The fraction of sp³-hybridized carbons (Fsp3) is 0.347. The third-order valence-corrected chi connectivity index (χ3v) is 9.98. The van der Waals surface area contributed by atoms with Crippen LogP contribution in [0.15, 0.2) is 103 Å². The summed E-state index contributed by atoms with van der Waals surface area (Å²) in [4.78, 5) is 59.6. The first kappa shape index (κ1) is 43.2. The molecule has 0 fully saturated rings. The van der Waals surface area contributed by atoms with Crippen LogP contribution in [-0.2, 0) is 38.6 Å². The highest BCUT2D eigenvalue weighted by Crippen LogP contribution is 2.40. The van der Waals surface area contributed by atoms with Gasteiger partial charge in [-0.2, -0.15) is 0 Å². The number of hydrogen-bond acceptors (Lipinski definition) is 10. The van der Waals surface area contributed by atoms with Crippen LogP contribution in [-0.4, -0.2) is 73.7 Å². The van der Waals surface area contributed by atoms with Gasteiger partial charge in [-0.25, -0.2) is 0 Å². The Bertz CT molecular complexity index is 2310. The van der Waals surface area contributed by atoms with Gasteiger partial charge in [0.1, 0.15) is 35.8 Å². The minimum Gasteiger partial charge on any atom is -0.497 e. The molecule has 5 aromatic rings. The van der Waals surface area contributed by atoms with E-state index < -0.39 is 17.2 Å². The van der Waals surface area contributed by atoms with Crippen LogP contribution >= 0.6 is 0 Å². The van der Waals surface area contributed by atoms with Crippen LogP contribution in [0.5, 0.6) is 11.5 Å². The fourth-order valence-electron chi connectivity index (χ4n) is 7.49. The zero-order valence-corrected chi connectivity index (χ0v) is 35.9. The summed E-state index contributed by atoms with van der Waals surface area (Å²) in [6.45, 7) is 11.9. The fourth-order valence-corrected chi connectivity index (χ4v) is 7.49. The Hall–Kier alpha value is -6.36. The molecule has 11 nitrogen and oxygen atoms in total. The van der Waals surface area contributed by atoms with Gasteiger partial charge < -0.3 is 28.7 Å². The summed E-state index contributed by atoms with van der Waals surface area (Å²) in [5.74, 6) is 0.0142. The van der Waals surface area contributed by atoms with E-state index in [2.05, 4.69) is 6.07 Å². The number of hydrogen-bond donors (Lipinski definition) is 0. The summed E-state index contributed by atoms with van der Waals surface area (Å²) in [5.41, 5.74) is 3.73. The molecular formula is C49H55N3O8. The number of nitrogens with zero attached hydrogens (tertiary/aromatic N) is 3. The van der Waals surface area contributed by atoms with Gasteiger partial charge in [0.15, 0.2) is 0 Å². The molecule has 11 heteroatoms. The van der Waals surface area contributed by atoms with E-state index in [-0.39, 0.29) is 37.4 Å². The van der Waals surface area contributed by atoms with Gasteiger partial charge in [0.25, 0.3) is 11.8 Å². The molecule has 2 amide bonds. The summed E-state index contributed by atoms with van der Waals surface area (Å²) in [6, 6.07) is 32.3. The van der Waals surface area contributed by atoms with Gasteiger partial charge in [0.2, 0.25) is 0 Å². The van der Waals surface area contributed by atoms with Crippen LogP contribution in [0, 0.1) is 0 Å². The van der Waals surface area contributed by atoms with E-state index in [1.54, 1.807) is 38.5 Å². The molecule has 0 bridgehead atoms. The highest BCUT2D eigenvalue weighted by molar-refractivity contribution is 6.21. The second kappa shape index (κ2) is 18.3. The van der Waals surface area contributed by atoms with Crippen molar-refractivity contribution < 1.29 is 38.1 Å². The molecule has 1 heterocycles. The topological polar surface area (TPSA) is 115 Å². The summed E-state index contributed by atoms with van der Waals surface area (Å²) in [5, 5.41) is 1.71. The van der Waals surface area contributed by atoms with Crippen molar-refractivity contribution in [3.05, 3.63) is 131 Å². The lowest BCUT2D eigenvalue weighted by atomic mass is 9.96. The Balaban J connectivity index is 1.49. The number of benzene rings is 5. The van der Waals surface area contributed by atoms with Gasteiger partial charge in [-0.05, 0) is 114 Å². The highest BCUT2D eigenvalue weighted by atomic mass is 16.6. The van der Waals surface area contributed by atoms with Crippen molar-refractivity contribution in [2.24, 2.45) is 0 Å². The molecule has 1 aliphatic heterocycles. The molecule has 0 saturated heterocycles. The number of esters is 2. The van der Waals surface area contributed by atoms with Crippen molar-refractivity contribution in [3.8, 4) is 11.5 Å². The normalized spacial score (nSPS) is 12.6. The van der Waals surface area contributed by atoms with Crippen molar-refractivity contribution in [1.29, 1.82) is 0 Å². The number of ether oxygens (including phenoxy) is 4. The quantitative estimate of drug-likeness (QED) is 0.0708. The number of rotatable bonds is 16. The molecule has 0 N–H and O–H groups in total. The molecule has 0 saturated carbocycles. The first-order valence-corrected chi connectivity index (χ1v) is 20.2. The molecule has 0 aromatic heterocycles. The number of fused-ring (bicyclic) bond motifs is 2. The number of aryl methyl sites for hydroxylation is 1. The minimum atomic E-state index is -0.715. The van der Waals surface area contributed by atoms with E-state index in [4.69, 9.17) is 18.9 Å². The smallest absolute Gasteiger partial charge is 0.326 e. The SMILES string of the molecule is COc1ccc(CN(CC(=O)OC(C)(C)C)c2cc(CCCN3C(=O)c4ccccc4C3=O)c(N(CC(=O)OC(C)(C)C)Cc3ccc(OC)cc3)c3ccccc23)cc1. The van der Waals surface area contributed by atoms with Crippen molar-refractivity contribution in [3.63, 3.8) is 0 Å². The monoisotopic (exact) mass is 813 g/mol. The molecule has 1 aliphatic rings. The Morgan fingerprint density at radius 2 is 1.05 bits per heavy atom. The Kier molecular flexibility index (Phi) is 13.2. The van der Waals surface area contributed by atoms with Crippen LogP contribution in [0.1, 0.15) is 85.4 Å². The number of anilines is 2. The molecule has 0 atom stereocenters. The zero-order chi connectivity index (χ0) is 43.2. The third kappa shape index (κ3) is 10.6. The average Bonchev–Trinajstić information content (AvgIpc) is 3.44. The lowest BCUT2D eigenvalue weighted by Gasteiger charge is -2.33. The minimum absolute atomic E-state index is 0.0470. The van der Waals surface area contributed by atoms with Crippen molar-refractivity contribution in [1.82, 2.24) is 4.90 Å². The van der Waals surface area contributed by atoms with Gasteiger partial charge in [-0.15, -0.1) is 0 Å². The molecule has 5 aromatic carbocycles. The number of carbonyl (C=O) groups excluding carboxylic acids is 4. The van der Waals surface area contributed by atoms with E-state index in [1.165, 1.54) is 4.90 Å². The van der Waals surface area contributed by atoms with E-state index in [0.29, 0.717) is 42.8 Å². The summed E-state index contributed by atoms with van der Waals surface area (Å²) in [6.07, 6.45) is 0.862. The first-order valence-electron chi connectivity index (χ1n) is 20.2. The molecule has 0 radical (unpaired) electrons. The van der Waals surface area contributed by atoms with Crippen LogP contribution in [0.4, 0.5) is 11.4 Å². The third-order valence-electron chi connectivity index (χ3n) is 9.98. The Labute approximate surface area is 352 Å². The van der Waals surface area contributed by atoms with E-state index in [1.807, 2.05) is 124 Å². The van der Waals surface area contributed by atoms with Crippen LogP contribution in [0.25, 0.3) is 10.8 Å². The molecule has 60 heavy (non-hydrogen) atoms. The Morgan fingerprint density at radius 3 is 1.53 bits per heavy atom. The lowest BCUT2D eigenvalue weighted by molar-refractivity contribution is -0.154. The Morgan fingerprint density at radius 1 is 0.600 bits per heavy atom. The molecule has 314 valence electrons. The molecule has 6 rings (SSSR count). The second-order valence-electron chi connectivity index (χ2n) is 16.9. The van der Waals surface area contributed by atoms with Crippen LogP contribution < -0.4 is 19.3 Å². The summed E-state index contributed by atoms with van der Waals surface area (Å²) in [7, 11) is 3.24. The van der Waals surface area contributed by atoms with Gasteiger partial charge in [-0.3, -0.25) is 24.1 Å². The highest BCUT2D eigenvalue weighted by Gasteiger charge is 2.35. The predicted molar refractivity (Wildman–Crippen MR) is 234 cm³/mol. The number of carbonyl (C=O) groups is 4. The molecule has 0 spiro atoms. The van der Waals surface area contributed by atoms with E-state index in [9.17, 15) is 19.2 Å². The molecule has 0 aliphatic carbocycles. The van der Waals surface area contributed by atoms with Crippen molar-refractivity contribution in [2.45, 2.75) is 78.7 Å². The maximum Gasteiger partial charge on any atom is 0.326 e. The van der Waals surface area contributed by atoms with E-state index >= 15 is 0 Å². The average molecular weight is 814 g/mol. The lowest BCUT2D eigenvalue weighted by Crippen LogP contribution is -2.36. The number of imide groups is 1. The zero-order valence-electron chi connectivity index (χ0n) is 35.9. The van der Waals surface area contributed by atoms with Gasteiger partial charge in [0, 0.05) is 41.8 Å². The summed E-state index contributed by atoms with van der Waals surface area (Å²) >= 11 is 0. The molecule has 0 unspecified atom stereocenters. The van der Waals surface area contributed by atoms with Crippen molar-refractivity contribution in [2.75, 3.05) is 43.7 Å². The second-order valence-corrected chi connectivity index (χ2v) is 16.9. The standard InChI is InChI=1S/C49H55N3O8/c1-48(2,3)59-43(53)31-50(29-33-19-23-36(57-7)24-20-33)42-28-35(14-13-27-52-46(55)40-17-11-12-18-41(40)47(52)56)45(39-16-10-9-15-38(39)42)51(32-44(54)60-49(4,5)6)30-34-21-25-37(58-8)26-22-34/h9-12,15-26,28H,13-14,27,29-32H2,1-8H3. The number of amides is 2. The van der Waals surface area contributed by atoms with Gasteiger partial charge in [0.05, 0.1) is 25.3 Å². The van der Waals surface area contributed by atoms with Gasteiger partial charge in [-0.1, -0.05) is 60.7 Å². The summed E-state index contributed by atoms with van der Waals surface area (Å²) < 4.78 is 22.6. The maximum absolute atomic E-state index is 13.8. The van der Waals surface area contributed by atoms with Crippen LogP contribution in [0.3, 0.4) is 0 Å². The first-order chi connectivity index (χ1) is 28.5. The van der Waals surface area contributed by atoms with Crippen LogP contribution in [0.2, 0.25) is 0 Å². The van der Waals surface area contributed by atoms with Crippen molar-refractivity contribution >= 4 is 45.9 Å². The predicted octanol–water partition coefficient (Wildman–Crippen LogP) is 8.78. The number of methoxy groups -OCH3 is 2. The molecular weight excluding hydrogens is 759 g/mol.